The van der Waals surface area contributed by atoms with E-state index in [0.717, 1.165) is 24.8 Å². The standard InChI is InChI=1S/C26H23N5O5/c1-15-10-12-17(13-11-15)30-21(24(33)36-4)20(23(32)35-3)26(19(14-27)22(30)28)16(2)29-31(25(26)34)18-8-6-5-7-9-18/h5-13H,28H2,1-4H3. The monoisotopic (exact) mass is 485 g/mol. The van der Waals surface area contributed by atoms with Crippen LogP contribution < -0.4 is 15.6 Å². The molecule has 2 aromatic rings. The van der Waals surface area contributed by atoms with E-state index in [1.807, 2.05) is 13.0 Å². The summed E-state index contributed by atoms with van der Waals surface area (Å²) >= 11 is 0. The number of nitriles is 1. The van der Waals surface area contributed by atoms with Crippen LogP contribution in [0.25, 0.3) is 0 Å². The lowest BCUT2D eigenvalue weighted by molar-refractivity contribution is -0.141. The zero-order valence-electron chi connectivity index (χ0n) is 20.1. The average Bonchev–Trinajstić information content (AvgIpc) is 3.14. The highest BCUT2D eigenvalue weighted by atomic mass is 16.5. The van der Waals surface area contributed by atoms with Crippen LogP contribution in [-0.2, 0) is 23.9 Å². The van der Waals surface area contributed by atoms with Gasteiger partial charge in [0.05, 0.1) is 36.8 Å². The van der Waals surface area contributed by atoms with Gasteiger partial charge in [0.1, 0.15) is 17.6 Å². The predicted molar refractivity (Wildman–Crippen MR) is 131 cm³/mol. The molecule has 182 valence electrons. The van der Waals surface area contributed by atoms with Gasteiger partial charge < -0.3 is 15.2 Å². The third kappa shape index (κ3) is 3.32. The maximum Gasteiger partial charge on any atom is 0.355 e. The van der Waals surface area contributed by atoms with Crippen LogP contribution in [0.4, 0.5) is 11.4 Å². The number of ether oxygens (including phenoxy) is 2. The molecule has 0 saturated carbocycles. The fourth-order valence-electron chi connectivity index (χ4n) is 4.49. The molecule has 1 unspecified atom stereocenters. The molecule has 0 fully saturated rings. The molecule has 0 aromatic heterocycles. The molecule has 2 aromatic carbocycles. The van der Waals surface area contributed by atoms with Crippen LogP contribution in [0.5, 0.6) is 0 Å². The van der Waals surface area contributed by atoms with E-state index in [-0.39, 0.29) is 22.8 Å². The van der Waals surface area contributed by atoms with Gasteiger partial charge in [0, 0.05) is 5.69 Å². The Morgan fingerprint density at radius 3 is 2.14 bits per heavy atom. The zero-order chi connectivity index (χ0) is 26.2. The van der Waals surface area contributed by atoms with Crippen LogP contribution in [-0.4, -0.2) is 37.8 Å². The summed E-state index contributed by atoms with van der Waals surface area (Å²) in [6, 6.07) is 17.4. The van der Waals surface area contributed by atoms with Crippen molar-refractivity contribution < 1.29 is 23.9 Å². The van der Waals surface area contributed by atoms with E-state index in [9.17, 15) is 19.6 Å². The number of nitrogens with two attached hydrogens (primary N) is 1. The van der Waals surface area contributed by atoms with Gasteiger partial charge in [-0.25, -0.2) is 9.59 Å². The van der Waals surface area contributed by atoms with Crippen molar-refractivity contribution in [2.45, 2.75) is 13.8 Å². The molecule has 2 aliphatic heterocycles. The number of carbonyl (C=O) groups is 3. The van der Waals surface area contributed by atoms with Crippen molar-refractivity contribution >= 4 is 34.9 Å². The highest BCUT2D eigenvalue weighted by Crippen LogP contribution is 2.51. The molecule has 0 saturated heterocycles. The number of nitrogens with zero attached hydrogens (tertiary/aromatic N) is 4. The molecular weight excluding hydrogens is 462 g/mol. The number of aryl methyl sites for hydroxylation is 1. The number of amides is 1. The Morgan fingerprint density at radius 2 is 1.58 bits per heavy atom. The minimum atomic E-state index is -2.10. The lowest BCUT2D eigenvalue weighted by Gasteiger charge is -2.40. The third-order valence-electron chi connectivity index (χ3n) is 6.19. The number of carbonyl (C=O) groups excluding carboxylic acids is 3. The summed E-state index contributed by atoms with van der Waals surface area (Å²) in [5.74, 6) is -2.93. The molecule has 36 heavy (non-hydrogen) atoms. The summed E-state index contributed by atoms with van der Waals surface area (Å²) in [6.07, 6.45) is 0. The van der Waals surface area contributed by atoms with E-state index < -0.39 is 28.8 Å². The van der Waals surface area contributed by atoms with Gasteiger partial charge in [-0.3, -0.25) is 9.69 Å². The Hall–Kier alpha value is -4.91. The number of methoxy groups -OCH3 is 2. The topological polar surface area (TPSA) is 138 Å². The van der Waals surface area contributed by atoms with E-state index in [4.69, 9.17) is 15.2 Å². The summed E-state index contributed by atoms with van der Waals surface area (Å²) in [5.41, 5.74) is 5.17. The highest BCUT2D eigenvalue weighted by molar-refractivity contribution is 6.29. The van der Waals surface area contributed by atoms with Gasteiger partial charge in [0.2, 0.25) is 0 Å². The molecule has 4 rings (SSSR count). The molecule has 2 N–H and O–H groups in total. The Kier molecular flexibility index (Phi) is 6.08. The molecule has 1 amide bonds. The summed E-state index contributed by atoms with van der Waals surface area (Å²) in [5, 5.41) is 15.8. The summed E-state index contributed by atoms with van der Waals surface area (Å²) in [6.45, 7) is 3.37. The van der Waals surface area contributed by atoms with E-state index in [2.05, 4.69) is 5.10 Å². The van der Waals surface area contributed by atoms with Crippen LogP contribution in [0.1, 0.15) is 12.5 Å². The second-order valence-electron chi connectivity index (χ2n) is 8.14. The average molecular weight is 486 g/mol. The SMILES string of the molecule is COC(=O)C1=C(C(=O)OC)C2(C(=O)N(c3ccccc3)N=C2C)C(C#N)=C(N)N1c1ccc(C)cc1. The normalized spacial score (nSPS) is 19.4. The van der Waals surface area contributed by atoms with Crippen molar-refractivity contribution in [2.75, 3.05) is 24.1 Å². The summed E-state index contributed by atoms with van der Waals surface area (Å²) < 4.78 is 10.1. The number of benzene rings is 2. The molecule has 1 spiro atoms. The van der Waals surface area contributed by atoms with Crippen molar-refractivity contribution in [2.24, 2.45) is 16.3 Å². The molecule has 1 atom stereocenters. The quantitative estimate of drug-likeness (QED) is 0.652. The van der Waals surface area contributed by atoms with Gasteiger partial charge in [-0.05, 0) is 38.1 Å². The van der Waals surface area contributed by atoms with Gasteiger partial charge in [-0.2, -0.15) is 15.4 Å². The van der Waals surface area contributed by atoms with E-state index in [0.29, 0.717) is 11.4 Å². The van der Waals surface area contributed by atoms with Crippen molar-refractivity contribution in [1.82, 2.24) is 0 Å². The fourth-order valence-corrected chi connectivity index (χ4v) is 4.49. The smallest absolute Gasteiger partial charge is 0.355 e. The minimum Gasteiger partial charge on any atom is -0.466 e. The predicted octanol–water partition coefficient (Wildman–Crippen LogP) is 2.52. The first-order valence-electron chi connectivity index (χ1n) is 10.9. The number of hydrogen-bond acceptors (Lipinski definition) is 9. The molecule has 10 heteroatoms. The lowest BCUT2D eigenvalue weighted by atomic mass is 9.67. The summed E-state index contributed by atoms with van der Waals surface area (Å²) in [4.78, 5) is 42.0. The molecule has 2 aliphatic rings. The third-order valence-corrected chi connectivity index (χ3v) is 6.19. The van der Waals surface area contributed by atoms with Crippen LogP contribution in [0.15, 0.2) is 82.4 Å². The van der Waals surface area contributed by atoms with E-state index in [1.54, 1.807) is 54.6 Å². The maximum atomic E-state index is 14.1. The van der Waals surface area contributed by atoms with Gasteiger partial charge in [-0.15, -0.1) is 0 Å². The molecule has 0 aliphatic carbocycles. The molecule has 10 nitrogen and oxygen atoms in total. The number of para-hydroxylation sites is 1. The van der Waals surface area contributed by atoms with Gasteiger partial charge in [-0.1, -0.05) is 35.9 Å². The van der Waals surface area contributed by atoms with E-state index >= 15 is 0 Å². The first kappa shape index (κ1) is 24.2. The summed E-state index contributed by atoms with van der Waals surface area (Å²) in [7, 11) is 2.25. The Balaban J connectivity index is 2.11. The number of anilines is 2. The largest absolute Gasteiger partial charge is 0.466 e. The maximum absolute atomic E-state index is 14.1. The number of hydrogen-bond donors (Lipinski definition) is 1. The van der Waals surface area contributed by atoms with Crippen LogP contribution in [0, 0.1) is 23.7 Å². The highest BCUT2D eigenvalue weighted by Gasteiger charge is 2.63. The second-order valence-corrected chi connectivity index (χ2v) is 8.14. The fraction of sp³-hybridized carbons (Fsp3) is 0.192. The first-order valence-corrected chi connectivity index (χ1v) is 10.9. The molecular formula is C26H23N5O5. The van der Waals surface area contributed by atoms with Gasteiger partial charge in [0.25, 0.3) is 5.91 Å². The van der Waals surface area contributed by atoms with Gasteiger partial charge >= 0.3 is 11.9 Å². The number of rotatable bonds is 4. The van der Waals surface area contributed by atoms with Gasteiger partial charge in [0.15, 0.2) is 5.41 Å². The Morgan fingerprint density at radius 1 is 0.972 bits per heavy atom. The van der Waals surface area contributed by atoms with Crippen molar-refractivity contribution in [3.05, 3.63) is 82.8 Å². The minimum absolute atomic E-state index is 0.0706. The molecule has 0 radical (unpaired) electrons. The zero-order valence-corrected chi connectivity index (χ0v) is 20.1. The van der Waals surface area contributed by atoms with Crippen LogP contribution in [0.3, 0.4) is 0 Å². The Labute approximate surface area is 207 Å². The molecule has 2 heterocycles. The second kappa shape index (κ2) is 9.03. The number of esters is 2. The van der Waals surface area contributed by atoms with Crippen molar-refractivity contribution in [3.63, 3.8) is 0 Å². The van der Waals surface area contributed by atoms with Crippen LogP contribution >= 0.6 is 0 Å². The van der Waals surface area contributed by atoms with Crippen LogP contribution in [0.2, 0.25) is 0 Å². The van der Waals surface area contributed by atoms with Crippen molar-refractivity contribution in [1.29, 1.82) is 5.26 Å². The number of hydrazone groups is 1. The van der Waals surface area contributed by atoms with E-state index in [1.165, 1.54) is 11.8 Å². The Bertz CT molecular complexity index is 1400. The molecule has 0 bridgehead atoms. The lowest BCUT2D eigenvalue weighted by Crippen LogP contribution is -2.53. The first-order chi connectivity index (χ1) is 17.2. The van der Waals surface area contributed by atoms with Crippen molar-refractivity contribution in [3.8, 4) is 6.07 Å².